The zero-order valence-electron chi connectivity index (χ0n) is 5.22. The van der Waals surface area contributed by atoms with Gasteiger partial charge in [0.25, 0.3) is 0 Å². The Morgan fingerprint density at radius 2 is 2.44 bits per heavy atom. The van der Waals surface area contributed by atoms with Gasteiger partial charge in [0.15, 0.2) is 0 Å². The Balaban J connectivity index is 3.54. The van der Waals surface area contributed by atoms with E-state index < -0.39 is 12.0 Å². The van der Waals surface area contributed by atoms with Crippen molar-refractivity contribution in [3.63, 3.8) is 0 Å². The van der Waals surface area contributed by atoms with E-state index in [0.29, 0.717) is 6.54 Å². The fourth-order valence-electron chi connectivity index (χ4n) is 0.422. The summed E-state index contributed by atoms with van der Waals surface area (Å²) in [6.07, 6.45) is 0. The van der Waals surface area contributed by atoms with E-state index in [0.717, 1.165) is 0 Å². The predicted octanol–water partition coefficient (Wildman–Crippen LogP) is -0.961. The molecule has 1 unspecified atom stereocenters. The van der Waals surface area contributed by atoms with Gasteiger partial charge in [0.2, 0.25) is 0 Å². The van der Waals surface area contributed by atoms with Crippen LogP contribution in [0, 0.1) is 0 Å². The number of hydrogen-bond acceptors (Lipinski definition) is 3. The highest BCUT2D eigenvalue weighted by Crippen LogP contribution is 1.83. The van der Waals surface area contributed by atoms with Gasteiger partial charge < -0.3 is 10.4 Å². The van der Waals surface area contributed by atoms with Crippen molar-refractivity contribution in [1.29, 1.82) is 0 Å². The lowest BCUT2D eigenvalue weighted by molar-refractivity contribution is -0.138. The number of hydrogen-bond donors (Lipinski definition) is 3. The Hall–Kier alpha value is -0.180. The van der Waals surface area contributed by atoms with Gasteiger partial charge in [0, 0.05) is 6.54 Å². The highest BCUT2D eigenvalue weighted by atomic mass is 31.0. The predicted molar refractivity (Wildman–Crippen MR) is 38.2 cm³/mol. The molecular formula is C4H11N2O2P. The number of rotatable bonds is 4. The molecule has 0 aliphatic carbocycles. The third-order valence-electron chi connectivity index (χ3n) is 0.908. The van der Waals surface area contributed by atoms with E-state index in [1.165, 1.54) is 0 Å². The average molecular weight is 150 g/mol. The number of nitrogens with one attached hydrogen (secondary N) is 2. The number of aliphatic carboxylic acids is 1. The Bertz CT molecular complexity index is 98.6. The summed E-state index contributed by atoms with van der Waals surface area (Å²) >= 11 is 0. The Morgan fingerprint density at radius 3 is 2.56 bits per heavy atom. The van der Waals surface area contributed by atoms with Crippen LogP contribution in [-0.2, 0) is 4.79 Å². The van der Waals surface area contributed by atoms with E-state index in [2.05, 4.69) is 19.8 Å². The summed E-state index contributed by atoms with van der Waals surface area (Å²) in [4.78, 5) is 10.2. The summed E-state index contributed by atoms with van der Waals surface area (Å²) < 4.78 is 0. The molecular weight excluding hydrogens is 139 g/mol. The molecule has 0 saturated heterocycles. The number of carboxylic acid groups (broad SMARTS) is 1. The highest BCUT2D eigenvalue weighted by molar-refractivity contribution is 7.13. The Kier molecular flexibility index (Phi) is 4.58. The monoisotopic (exact) mass is 150 g/mol. The van der Waals surface area contributed by atoms with E-state index in [1.54, 1.807) is 7.05 Å². The number of carboxylic acids is 1. The van der Waals surface area contributed by atoms with Crippen LogP contribution in [0.1, 0.15) is 0 Å². The minimum absolute atomic E-state index is 0.429. The summed E-state index contributed by atoms with van der Waals surface area (Å²) in [5.74, 6) is -0.848. The summed E-state index contributed by atoms with van der Waals surface area (Å²) in [6, 6.07) is -0.514. The van der Waals surface area contributed by atoms with Gasteiger partial charge in [0.05, 0.1) is 0 Å². The van der Waals surface area contributed by atoms with Gasteiger partial charge >= 0.3 is 5.97 Å². The van der Waals surface area contributed by atoms with Crippen molar-refractivity contribution in [3.05, 3.63) is 0 Å². The van der Waals surface area contributed by atoms with Crippen molar-refractivity contribution >= 4 is 15.4 Å². The normalized spacial score (nSPS) is 13.1. The van der Waals surface area contributed by atoms with Crippen molar-refractivity contribution in [1.82, 2.24) is 10.4 Å². The maximum Gasteiger partial charge on any atom is 0.322 e. The van der Waals surface area contributed by atoms with Crippen LogP contribution in [0.15, 0.2) is 0 Å². The van der Waals surface area contributed by atoms with Crippen LogP contribution in [0.5, 0.6) is 0 Å². The van der Waals surface area contributed by atoms with Gasteiger partial charge in [-0.15, -0.1) is 0 Å². The minimum Gasteiger partial charge on any atom is -0.480 e. The third-order valence-corrected chi connectivity index (χ3v) is 1.31. The SMILES string of the molecule is CNC[C@H](NP)C(=O)O. The molecule has 54 valence electrons. The maximum atomic E-state index is 10.2. The third kappa shape index (κ3) is 3.40. The number of carbonyl (C=O) groups is 1. The molecule has 9 heavy (non-hydrogen) atoms. The summed E-state index contributed by atoms with van der Waals surface area (Å²) in [7, 11) is 3.87. The topological polar surface area (TPSA) is 61.4 Å². The molecule has 0 radical (unpaired) electrons. The first kappa shape index (κ1) is 8.82. The second kappa shape index (κ2) is 4.68. The van der Waals surface area contributed by atoms with Crippen LogP contribution >= 0.6 is 9.39 Å². The van der Waals surface area contributed by atoms with Gasteiger partial charge in [-0.25, -0.2) is 0 Å². The molecule has 0 heterocycles. The summed E-state index contributed by atoms with van der Waals surface area (Å²) in [6.45, 7) is 0.429. The first-order valence-corrected chi connectivity index (χ1v) is 3.13. The zero-order chi connectivity index (χ0) is 7.28. The Labute approximate surface area is 56.3 Å². The van der Waals surface area contributed by atoms with Crippen LogP contribution in [0.2, 0.25) is 0 Å². The first-order chi connectivity index (χ1) is 4.22. The van der Waals surface area contributed by atoms with Crippen LogP contribution < -0.4 is 10.4 Å². The van der Waals surface area contributed by atoms with Crippen molar-refractivity contribution < 1.29 is 9.90 Å². The largest absolute Gasteiger partial charge is 0.480 e. The lowest BCUT2D eigenvalue weighted by atomic mass is 10.3. The quantitative estimate of drug-likeness (QED) is 0.452. The minimum atomic E-state index is -0.848. The summed E-state index contributed by atoms with van der Waals surface area (Å²) in [5, 5.41) is 13.7. The van der Waals surface area contributed by atoms with Crippen LogP contribution in [0.3, 0.4) is 0 Å². The van der Waals surface area contributed by atoms with Gasteiger partial charge in [-0.05, 0) is 7.05 Å². The summed E-state index contributed by atoms with van der Waals surface area (Å²) in [5.41, 5.74) is 0. The first-order valence-electron chi connectivity index (χ1n) is 2.56. The molecule has 0 saturated carbocycles. The molecule has 0 aliphatic heterocycles. The van der Waals surface area contributed by atoms with Crippen LogP contribution in [0.4, 0.5) is 0 Å². The van der Waals surface area contributed by atoms with Gasteiger partial charge in [0.1, 0.15) is 6.04 Å². The molecule has 3 N–H and O–H groups in total. The van der Waals surface area contributed by atoms with E-state index in [4.69, 9.17) is 5.11 Å². The van der Waals surface area contributed by atoms with Gasteiger partial charge in [-0.3, -0.25) is 9.88 Å². The van der Waals surface area contributed by atoms with E-state index in [9.17, 15) is 4.79 Å². The van der Waals surface area contributed by atoms with Gasteiger partial charge in [-0.1, -0.05) is 9.39 Å². The Morgan fingerprint density at radius 1 is 1.89 bits per heavy atom. The molecule has 0 aromatic heterocycles. The fraction of sp³-hybridized carbons (Fsp3) is 0.750. The molecule has 0 amide bonds. The van der Waals surface area contributed by atoms with E-state index in [1.807, 2.05) is 0 Å². The molecule has 0 aromatic carbocycles. The van der Waals surface area contributed by atoms with E-state index >= 15 is 0 Å². The average Bonchev–Trinajstić information content (AvgIpc) is 1.82. The maximum absolute atomic E-state index is 10.2. The van der Waals surface area contributed by atoms with Crippen molar-refractivity contribution in [2.45, 2.75) is 6.04 Å². The molecule has 4 nitrogen and oxygen atoms in total. The molecule has 0 spiro atoms. The molecule has 2 atom stereocenters. The standard InChI is InChI=1S/C4H11N2O2P/c1-5-2-3(6-9)4(7)8/h3,5-6H,2,9H2,1H3,(H,7,8)/t3-/m0/s1. The van der Waals surface area contributed by atoms with Gasteiger partial charge in [-0.2, -0.15) is 0 Å². The zero-order valence-corrected chi connectivity index (χ0v) is 6.37. The molecule has 0 aromatic rings. The van der Waals surface area contributed by atoms with E-state index in [-0.39, 0.29) is 0 Å². The van der Waals surface area contributed by atoms with Crippen molar-refractivity contribution in [2.24, 2.45) is 0 Å². The van der Waals surface area contributed by atoms with Crippen molar-refractivity contribution in [2.75, 3.05) is 13.6 Å². The highest BCUT2D eigenvalue weighted by Gasteiger charge is 2.11. The lowest BCUT2D eigenvalue weighted by Crippen LogP contribution is -2.38. The molecule has 0 aliphatic rings. The number of likely N-dealkylation sites (N-methyl/N-ethyl adjacent to an activating group) is 1. The molecule has 0 bridgehead atoms. The molecule has 0 fully saturated rings. The fourth-order valence-corrected chi connectivity index (χ4v) is 0.682. The second-order valence-electron chi connectivity index (χ2n) is 1.62. The van der Waals surface area contributed by atoms with Crippen LogP contribution in [0.25, 0.3) is 0 Å². The van der Waals surface area contributed by atoms with Crippen molar-refractivity contribution in [3.8, 4) is 0 Å². The molecule has 0 rings (SSSR count). The molecule has 5 heteroatoms. The lowest BCUT2D eigenvalue weighted by Gasteiger charge is -2.08. The second-order valence-corrected chi connectivity index (χ2v) is 1.95. The smallest absolute Gasteiger partial charge is 0.322 e. The van der Waals surface area contributed by atoms with Crippen LogP contribution in [-0.4, -0.2) is 30.7 Å².